The molecule has 1 saturated heterocycles. The topological polar surface area (TPSA) is 56.7 Å². The van der Waals surface area contributed by atoms with Crippen molar-refractivity contribution >= 4 is 22.6 Å². The van der Waals surface area contributed by atoms with E-state index in [2.05, 4.69) is 9.88 Å². The van der Waals surface area contributed by atoms with E-state index in [4.69, 9.17) is 0 Å². The first-order valence-corrected chi connectivity index (χ1v) is 6.68. The van der Waals surface area contributed by atoms with Crippen molar-refractivity contribution in [3.8, 4) is 0 Å². The van der Waals surface area contributed by atoms with Gasteiger partial charge in [0.25, 0.3) is 0 Å². The Morgan fingerprint density at radius 2 is 2.10 bits per heavy atom. The Labute approximate surface area is 117 Å². The van der Waals surface area contributed by atoms with Crippen LogP contribution in [0.3, 0.4) is 0 Å². The van der Waals surface area contributed by atoms with E-state index < -0.39 is 12.0 Å². The van der Waals surface area contributed by atoms with Gasteiger partial charge in [-0.05, 0) is 19.2 Å². The Hall–Kier alpha value is -2.14. The van der Waals surface area contributed by atoms with E-state index in [0.29, 0.717) is 6.54 Å². The first-order chi connectivity index (χ1) is 9.66. The summed E-state index contributed by atoms with van der Waals surface area (Å²) >= 11 is 0. The molecule has 104 valence electrons. The maximum Gasteiger partial charge on any atom is 0.322 e. The number of carboxylic acid groups (broad SMARTS) is 1. The fourth-order valence-electron chi connectivity index (χ4n) is 2.72. The van der Waals surface area contributed by atoms with Crippen molar-refractivity contribution in [1.29, 1.82) is 0 Å². The predicted octanol–water partition coefficient (Wildman–Crippen LogP) is 1.44. The first-order valence-electron chi connectivity index (χ1n) is 6.68. The third kappa shape index (κ3) is 2.20. The average Bonchev–Trinajstić information content (AvgIpc) is 2.47. The number of carboxylic acids is 1. The third-order valence-corrected chi connectivity index (χ3v) is 3.90. The van der Waals surface area contributed by atoms with E-state index >= 15 is 0 Å². The van der Waals surface area contributed by atoms with Crippen molar-refractivity contribution in [3.05, 3.63) is 36.5 Å². The number of rotatable bonds is 2. The van der Waals surface area contributed by atoms with Gasteiger partial charge in [0, 0.05) is 36.9 Å². The summed E-state index contributed by atoms with van der Waals surface area (Å²) in [7, 11) is 1.86. The number of piperazine rings is 1. The van der Waals surface area contributed by atoms with Crippen molar-refractivity contribution in [1.82, 2.24) is 9.88 Å². The molecule has 0 unspecified atom stereocenters. The van der Waals surface area contributed by atoms with Crippen LogP contribution in [0.4, 0.5) is 5.69 Å². The second kappa shape index (κ2) is 5.09. The molecular formula is C15H17N3O2. The van der Waals surface area contributed by atoms with Crippen LogP contribution in [-0.2, 0) is 4.79 Å². The molecule has 1 atom stereocenters. The highest BCUT2D eigenvalue weighted by molar-refractivity contribution is 5.91. The summed E-state index contributed by atoms with van der Waals surface area (Å²) in [4.78, 5) is 19.7. The number of nitrogens with zero attached hydrogens (tertiary/aromatic N) is 3. The number of anilines is 1. The number of pyridine rings is 1. The first kappa shape index (κ1) is 12.9. The standard InChI is InChI=1S/C15H17N3O2/c1-17-8-9-18(10-14(17)15(19)20)13-6-7-16-12-5-3-2-4-11(12)13/h2-7,14H,8-10H2,1H3,(H,19,20)/t14-/m1/s1. The maximum absolute atomic E-state index is 11.3. The molecule has 3 rings (SSSR count). The lowest BCUT2D eigenvalue weighted by molar-refractivity contribution is -0.142. The summed E-state index contributed by atoms with van der Waals surface area (Å²) in [6.45, 7) is 2.07. The molecule has 1 fully saturated rings. The molecule has 2 aromatic rings. The zero-order valence-corrected chi connectivity index (χ0v) is 11.4. The van der Waals surface area contributed by atoms with E-state index in [1.807, 2.05) is 42.3 Å². The minimum atomic E-state index is -0.768. The van der Waals surface area contributed by atoms with Gasteiger partial charge in [0.2, 0.25) is 0 Å². The van der Waals surface area contributed by atoms with Crippen LogP contribution in [0, 0.1) is 0 Å². The zero-order chi connectivity index (χ0) is 14.1. The van der Waals surface area contributed by atoms with Crippen LogP contribution in [0.25, 0.3) is 10.9 Å². The van der Waals surface area contributed by atoms with E-state index in [1.165, 1.54) is 0 Å². The average molecular weight is 271 g/mol. The lowest BCUT2D eigenvalue weighted by atomic mass is 10.1. The smallest absolute Gasteiger partial charge is 0.322 e. The van der Waals surface area contributed by atoms with Gasteiger partial charge < -0.3 is 10.0 Å². The second-order valence-corrected chi connectivity index (χ2v) is 5.13. The van der Waals surface area contributed by atoms with Crippen molar-refractivity contribution < 1.29 is 9.90 Å². The molecule has 2 heterocycles. The molecule has 5 heteroatoms. The Kier molecular flexibility index (Phi) is 3.28. The Bertz CT molecular complexity index is 639. The minimum absolute atomic E-state index is 0.462. The van der Waals surface area contributed by atoms with Crippen LogP contribution in [0.5, 0.6) is 0 Å². The number of hydrogen-bond acceptors (Lipinski definition) is 4. The molecule has 0 spiro atoms. The molecule has 1 aromatic heterocycles. The number of aliphatic carboxylic acids is 1. The summed E-state index contributed by atoms with van der Waals surface area (Å²) < 4.78 is 0. The Morgan fingerprint density at radius 3 is 2.90 bits per heavy atom. The SMILES string of the molecule is CN1CCN(c2ccnc3ccccc23)C[C@@H]1C(=O)O. The number of hydrogen-bond donors (Lipinski definition) is 1. The van der Waals surface area contributed by atoms with Gasteiger partial charge in [-0.15, -0.1) is 0 Å². The normalized spacial score (nSPS) is 20.2. The highest BCUT2D eigenvalue weighted by Crippen LogP contribution is 2.26. The quantitative estimate of drug-likeness (QED) is 0.895. The molecule has 1 aromatic carbocycles. The number of aromatic nitrogens is 1. The van der Waals surface area contributed by atoms with Gasteiger partial charge in [-0.1, -0.05) is 18.2 Å². The molecule has 0 bridgehead atoms. The van der Waals surface area contributed by atoms with Gasteiger partial charge >= 0.3 is 5.97 Å². The number of fused-ring (bicyclic) bond motifs is 1. The lowest BCUT2D eigenvalue weighted by Crippen LogP contribution is -2.55. The maximum atomic E-state index is 11.3. The molecule has 0 radical (unpaired) electrons. The Morgan fingerprint density at radius 1 is 1.30 bits per heavy atom. The van der Waals surface area contributed by atoms with Crippen LogP contribution in [0.1, 0.15) is 0 Å². The summed E-state index contributed by atoms with van der Waals surface area (Å²) in [5.41, 5.74) is 2.01. The summed E-state index contributed by atoms with van der Waals surface area (Å²) in [5.74, 6) is -0.768. The highest BCUT2D eigenvalue weighted by atomic mass is 16.4. The van der Waals surface area contributed by atoms with Crippen LogP contribution < -0.4 is 4.90 Å². The zero-order valence-electron chi connectivity index (χ0n) is 11.4. The lowest BCUT2D eigenvalue weighted by Gasteiger charge is -2.38. The molecule has 0 saturated carbocycles. The fraction of sp³-hybridized carbons (Fsp3) is 0.333. The van der Waals surface area contributed by atoms with E-state index in [9.17, 15) is 9.90 Å². The van der Waals surface area contributed by atoms with Gasteiger partial charge in [-0.25, -0.2) is 0 Å². The van der Waals surface area contributed by atoms with Crippen molar-refractivity contribution in [2.24, 2.45) is 0 Å². The van der Waals surface area contributed by atoms with E-state index in [0.717, 1.165) is 29.7 Å². The number of carbonyl (C=O) groups is 1. The molecule has 0 amide bonds. The van der Waals surface area contributed by atoms with Crippen LogP contribution in [0.2, 0.25) is 0 Å². The van der Waals surface area contributed by atoms with E-state index in [-0.39, 0.29) is 0 Å². The fourth-order valence-corrected chi connectivity index (χ4v) is 2.72. The molecule has 1 aliphatic rings. The van der Waals surface area contributed by atoms with Gasteiger partial charge in [0.1, 0.15) is 6.04 Å². The molecular weight excluding hydrogens is 254 g/mol. The van der Waals surface area contributed by atoms with Crippen LogP contribution in [0.15, 0.2) is 36.5 Å². The van der Waals surface area contributed by atoms with Crippen LogP contribution in [-0.4, -0.2) is 53.7 Å². The molecule has 1 N–H and O–H groups in total. The van der Waals surface area contributed by atoms with Gasteiger partial charge in [0.05, 0.1) is 5.52 Å². The Balaban J connectivity index is 1.97. The number of likely N-dealkylation sites (N-methyl/N-ethyl adjacent to an activating group) is 1. The molecule has 1 aliphatic heterocycles. The van der Waals surface area contributed by atoms with Gasteiger partial charge in [-0.2, -0.15) is 0 Å². The molecule has 20 heavy (non-hydrogen) atoms. The predicted molar refractivity (Wildman–Crippen MR) is 78.0 cm³/mol. The summed E-state index contributed by atoms with van der Waals surface area (Å²) in [6, 6.07) is 9.46. The van der Waals surface area contributed by atoms with Gasteiger partial charge in [0.15, 0.2) is 0 Å². The summed E-state index contributed by atoms with van der Waals surface area (Å²) in [5, 5.41) is 10.4. The summed E-state index contributed by atoms with van der Waals surface area (Å²) in [6.07, 6.45) is 1.78. The van der Waals surface area contributed by atoms with Crippen molar-refractivity contribution in [3.63, 3.8) is 0 Å². The minimum Gasteiger partial charge on any atom is -0.480 e. The second-order valence-electron chi connectivity index (χ2n) is 5.13. The number of benzene rings is 1. The van der Waals surface area contributed by atoms with Crippen molar-refractivity contribution in [2.45, 2.75) is 6.04 Å². The molecule has 0 aliphatic carbocycles. The van der Waals surface area contributed by atoms with Crippen molar-refractivity contribution in [2.75, 3.05) is 31.6 Å². The monoisotopic (exact) mass is 271 g/mol. The van der Waals surface area contributed by atoms with Crippen LogP contribution >= 0.6 is 0 Å². The van der Waals surface area contributed by atoms with E-state index in [1.54, 1.807) is 6.20 Å². The third-order valence-electron chi connectivity index (χ3n) is 3.90. The number of para-hydroxylation sites is 1. The van der Waals surface area contributed by atoms with Gasteiger partial charge in [-0.3, -0.25) is 14.7 Å². The highest BCUT2D eigenvalue weighted by Gasteiger charge is 2.30. The molecule has 5 nitrogen and oxygen atoms in total. The largest absolute Gasteiger partial charge is 0.480 e.